The smallest absolute Gasteiger partial charge is 0.272 e. The van der Waals surface area contributed by atoms with E-state index in [1.54, 1.807) is 6.07 Å². The average Bonchev–Trinajstić information content (AvgIpc) is 2.62. The summed E-state index contributed by atoms with van der Waals surface area (Å²) in [6, 6.07) is 11.7. The minimum absolute atomic E-state index is 0.197. The van der Waals surface area contributed by atoms with Gasteiger partial charge in [0.15, 0.2) is 0 Å². The number of rotatable bonds is 5. The van der Waals surface area contributed by atoms with E-state index in [-0.39, 0.29) is 5.56 Å². The van der Waals surface area contributed by atoms with Gasteiger partial charge in [-0.25, -0.2) is 5.10 Å². The molecule has 134 valence electrons. The van der Waals surface area contributed by atoms with Crippen molar-refractivity contribution in [2.45, 2.75) is 6.54 Å². The molecule has 0 unspecified atom stereocenters. The van der Waals surface area contributed by atoms with Gasteiger partial charge in [0.25, 0.3) is 5.56 Å². The van der Waals surface area contributed by atoms with Crippen LogP contribution >= 0.6 is 0 Å². The molecule has 1 N–H and O–H groups in total. The van der Waals surface area contributed by atoms with Crippen LogP contribution in [0.15, 0.2) is 41.2 Å². The van der Waals surface area contributed by atoms with E-state index < -0.39 is 0 Å². The van der Waals surface area contributed by atoms with E-state index in [2.05, 4.69) is 53.3 Å². The Labute approximate surface area is 152 Å². The first-order valence-electron chi connectivity index (χ1n) is 8.69. The molecular weight excluding hydrogens is 328 g/mol. The highest BCUT2D eigenvalue weighted by Crippen LogP contribution is 2.44. The Hall–Kier alpha value is -2.70. The molecule has 2 aromatic carbocycles. The largest absolute Gasteiger partial charge is 0.456 e. The third-order valence-corrected chi connectivity index (χ3v) is 4.68. The zero-order valence-electron chi connectivity index (χ0n) is 15.2. The van der Waals surface area contributed by atoms with Crippen molar-refractivity contribution in [1.82, 2.24) is 20.0 Å². The van der Waals surface area contributed by atoms with Crippen LogP contribution in [0.5, 0.6) is 11.5 Å². The quantitative estimate of drug-likeness (QED) is 0.600. The van der Waals surface area contributed by atoms with Crippen LogP contribution < -0.4 is 10.3 Å². The molecular formula is C20H22N4O2. The fraction of sp³-hybridized carbons (Fsp3) is 0.300. The molecule has 4 rings (SSSR count). The molecule has 0 radical (unpaired) electrons. The first kappa shape index (κ1) is 16.8. The fourth-order valence-corrected chi connectivity index (χ4v) is 3.30. The van der Waals surface area contributed by atoms with Crippen LogP contribution in [0.4, 0.5) is 0 Å². The number of likely N-dealkylation sites (N-methyl/N-ethyl adjacent to an activating group) is 2. The molecule has 26 heavy (non-hydrogen) atoms. The lowest BCUT2D eigenvalue weighted by Crippen LogP contribution is -2.28. The summed E-state index contributed by atoms with van der Waals surface area (Å²) < 4.78 is 6.03. The van der Waals surface area contributed by atoms with Gasteiger partial charge >= 0.3 is 0 Å². The summed E-state index contributed by atoms with van der Waals surface area (Å²) in [5, 5.41) is 8.32. The third kappa shape index (κ3) is 2.98. The van der Waals surface area contributed by atoms with Gasteiger partial charge in [-0.05, 0) is 51.0 Å². The van der Waals surface area contributed by atoms with Crippen molar-refractivity contribution in [1.29, 1.82) is 0 Å². The van der Waals surface area contributed by atoms with Crippen LogP contribution in [0.2, 0.25) is 0 Å². The van der Waals surface area contributed by atoms with Gasteiger partial charge in [-0.3, -0.25) is 4.79 Å². The summed E-state index contributed by atoms with van der Waals surface area (Å²) in [7, 11) is 6.27. The number of benzene rings is 2. The van der Waals surface area contributed by atoms with Crippen molar-refractivity contribution >= 4 is 10.8 Å². The number of nitrogens with zero attached hydrogens (tertiary/aromatic N) is 3. The maximum atomic E-state index is 12.1. The van der Waals surface area contributed by atoms with Gasteiger partial charge < -0.3 is 14.5 Å². The number of hydrogen-bond donors (Lipinski definition) is 1. The molecule has 2 heterocycles. The van der Waals surface area contributed by atoms with Crippen LogP contribution in [0.1, 0.15) is 5.56 Å². The number of H-pyrrole nitrogens is 1. The van der Waals surface area contributed by atoms with Crippen molar-refractivity contribution in [3.63, 3.8) is 0 Å². The number of nitrogens with one attached hydrogen (secondary N) is 1. The summed E-state index contributed by atoms with van der Waals surface area (Å²) in [5.74, 6) is 1.45. The van der Waals surface area contributed by atoms with Crippen molar-refractivity contribution in [3.05, 3.63) is 52.3 Å². The minimum Gasteiger partial charge on any atom is -0.456 e. The molecule has 0 fully saturated rings. The van der Waals surface area contributed by atoms with Gasteiger partial charge in [0, 0.05) is 25.2 Å². The zero-order valence-corrected chi connectivity index (χ0v) is 15.2. The predicted octanol–water partition coefficient (Wildman–Crippen LogP) is 2.69. The maximum Gasteiger partial charge on any atom is 0.272 e. The molecule has 0 saturated heterocycles. The second-order valence-electron chi connectivity index (χ2n) is 7.05. The molecule has 3 aromatic rings. The summed E-state index contributed by atoms with van der Waals surface area (Å²) in [4.78, 5) is 16.6. The minimum atomic E-state index is -0.197. The highest BCUT2D eigenvalue weighted by Gasteiger charge is 2.23. The Bertz CT molecular complexity index is 1030. The van der Waals surface area contributed by atoms with E-state index in [0.29, 0.717) is 11.1 Å². The van der Waals surface area contributed by atoms with Crippen LogP contribution in [-0.4, -0.2) is 54.2 Å². The number of aromatic amines is 1. The van der Waals surface area contributed by atoms with Gasteiger partial charge in [0.1, 0.15) is 17.2 Å². The van der Waals surface area contributed by atoms with E-state index >= 15 is 0 Å². The summed E-state index contributed by atoms with van der Waals surface area (Å²) in [6.07, 6.45) is 0. The third-order valence-electron chi connectivity index (χ3n) is 4.68. The SMILES string of the molecule is CN(C)CCN(C)Cc1ccc2c(c1)-c1n[nH]c(=O)c3cccc(c13)O2. The molecule has 1 aliphatic rings. The predicted molar refractivity (Wildman–Crippen MR) is 103 cm³/mol. The highest BCUT2D eigenvalue weighted by molar-refractivity contribution is 6.01. The van der Waals surface area contributed by atoms with E-state index in [4.69, 9.17) is 4.74 Å². The van der Waals surface area contributed by atoms with E-state index in [1.807, 2.05) is 18.2 Å². The maximum absolute atomic E-state index is 12.1. The Morgan fingerprint density at radius 1 is 1.08 bits per heavy atom. The monoisotopic (exact) mass is 350 g/mol. The number of fused-ring (bicyclic) bond motifs is 2. The molecule has 0 saturated carbocycles. The molecule has 1 aromatic heterocycles. The Balaban J connectivity index is 1.72. The zero-order chi connectivity index (χ0) is 18.3. The lowest BCUT2D eigenvalue weighted by molar-refractivity contribution is 0.276. The van der Waals surface area contributed by atoms with E-state index in [0.717, 1.165) is 42.0 Å². The summed E-state index contributed by atoms with van der Waals surface area (Å²) >= 11 is 0. The van der Waals surface area contributed by atoms with Crippen molar-refractivity contribution < 1.29 is 4.74 Å². The number of ether oxygens (including phenoxy) is 1. The topological polar surface area (TPSA) is 61.5 Å². The number of aromatic nitrogens is 2. The second-order valence-corrected chi connectivity index (χ2v) is 7.05. The van der Waals surface area contributed by atoms with Crippen molar-refractivity contribution in [3.8, 4) is 22.8 Å². The Kier molecular flexibility index (Phi) is 4.22. The Morgan fingerprint density at radius 2 is 1.92 bits per heavy atom. The van der Waals surface area contributed by atoms with Crippen LogP contribution in [0, 0.1) is 0 Å². The molecule has 0 spiro atoms. The fourth-order valence-electron chi connectivity index (χ4n) is 3.30. The first-order valence-corrected chi connectivity index (χ1v) is 8.69. The molecule has 0 bridgehead atoms. The second kappa shape index (κ2) is 6.55. The normalized spacial score (nSPS) is 12.5. The average molecular weight is 350 g/mol. The molecule has 1 aliphatic heterocycles. The van der Waals surface area contributed by atoms with Crippen LogP contribution in [-0.2, 0) is 6.54 Å². The Morgan fingerprint density at radius 3 is 2.73 bits per heavy atom. The lowest BCUT2D eigenvalue weighted by atomic mass is 9.99. The standard InChI is InChI=1S/C20H22N4O2/c1-23(2)9-10-24(3)12-13-7-8-16-15(11-13)19-18-14(20(25)22-21-19)5-4-6-17(18)26-16/h4-8,11H,9-10,12H2,1-3H3,(H,22,25). The van der Waals surface area contributed by atoms with Crippen molar-refractivity contribution in [2.24, 2.45) is 0 Å². The molecule has 0 aliphatic carbocycles. The van der Waals surface area contributed by atoms with Crippen LogP contribution in [0.25, 0.3) is 22.0 Å². The van der Waals surface area contributed by atoms with E-state index in [1.165, 1.54) is 5.56 Å². The van der Waals surface area contributed by atoms with Gasteiger partial charge in [-0.1, -0.05) is 12.1 Å². The van der Waals surface area contributed by atoms with Gasteiger partial charge in [-0.2, -0.15) is 5.10 Å². The summed E-state index contributed by atoms with van der Waals surface area (Å²) in [6.45, 7) is 2.85. The molecule has 0 atom stereocenters. The van der Waals surface area contributed by atoms with Crippen molar-refractivity contribution in [2.75, 3.05) is 34.2 Å². The molecule has 6 heteroatoms. The first-order chi connectivity index (χ1) is 12.5. The van der Waals surface area contributed by atoms with Gasteiger partial charge in [0.05, 0.1) is 10.8 Å². The number of hydrogen-bond acceptors (Lipinski definition) is 5. The van der Waals surface area contributed by atoms with Crippen LogP contribution in [0.3, 0.4) is 0 Å². The summed E-state index contributed by atoms with van der Waals surface area (Å²) in [5.41, 5.74) is 2.68. The van der Waals surface area contributed by atoms with Gasteiger partial charge in [0.2, 0.25) is 0 Å². The molecule has 0 amide bonds. The molecule has 6 nitrogen and oxygen atoms in total. The lowest BCUT2D eigenvalue weighted by Gasteiger charge is -2.22. The highest BCUT2D eigenvalue weighted by atomic mass is 16.5. The van der Waals surface area contributed by atoms with Gasteiger partial charge in [-0.15, -0.1) is 0 Å². The van der Waals surface area contributed by atoms with E-state index in [9.17, 15) is 4.79 Å².